The van der Waals surface area contributed by atoms with Crippen molar-refractivity contribution >= 4 is 0 Å². The summed E-state index contributed by atoms with van der Waals surface area (Å²) in [7, 11) is 0. The minimum absolute atomic E-state index is 0.0692. The number of hydrogen-bond donors (Lipinski definition) is 2. The molecule has 10 heavy (non-hydrogen) atoms. The van der Waals surface area contributed by atoms with Crippen LogP contribution < -0.4 is 5.62 Å². The highest BCUT2D eigenvalue weighted by atomic mass is 16.5. The van der Waals surface area contributed by atoms with E-state index in [4.69, 9.17) is 10.6 Å². The lowest BCUT2D eigenvalue weighted by molar-refractivity contribution is 0.160. The van der Waals surface area contributed by atoms with Gasteiger partial charge < -0.3 is 5.21 Å². The fourth-order valence-electron chi connectivity index (χ4n) is 0.660. The number of rotatable bonds is 0. The Hall–Kier alpha value is -1.39. The van der Waals surface area contributed by atoms with Crippen LogP contribution in [-0.2, 0) is 0 Å². The van der Waals surface area contributed by atoms with Gasteiger partial charge in [-0.25, -0.2) is 0 Å². The molecule has 0 aliphatic heterocycles. The second-order valence-electron chi connectivity index (χ2n) is 1.95. The van der Waals surface area contributed by atoms with Crippen LogP contribution in [0.25, 0.3) is 0 Å². The number of aryl methyl sites for hydroxylation is 2. The molecule has 5 nitrogen and oxygen atoms in total. The molecule has 0 radical (unpaired) electrons. The highest BCUT2D eigenvalue weighted by molar-refractivity contribution is 4.86. The number of nitrogens with one attached hydrogen (secondary N) is 1. The minimum atomic E-state index is -0.0692. The quantitative estimate of drug-likeness (QED) is 0.482. The molecule has 0 saturated heterocycles. The second-order valence-corrected chi connectivity index (χ2v) is 1.95. The molecule has 1 heterocycles. The normalized spacial score (nSPS) is 9.80. The largest absolute Gasteiger partial charge is 0.426 e. The molecule has 0 amide bonds. The average molecular weight is 140 g/mol. The topological polar surface area (TPSA) is 74.8 Å². The van der Waals surface area contributed by atoms with E-state index in [1.165, 1.54) is 0 Å². The third-order valence-corrected chi connectivity index (χ3v) is 1.15. The van der Waals surface area contributed by atoms with Gasteiger partial charge in [0.2, 0.25) is 5.62 Å². The lowest BCUT2D eigenvalue weighted by Gasteiger charge is -2.02. The smallest absolute Gasteiger partial charge is 0.245 e. The van der Waals surface area contributed by atoms with Gasteiger partial charge >= 0.3 is 0 Å². The highest BCUT2D eigenvalue weighted by Gasteiger charge is 1.97. The number of hydrogen-bond acceptors (Lipinski definition) is 4. The van der Waals surface area contributed by atoms with Crippen molar-refractivity contribution < 1.29 is 5.21 Å². The van der Waals surface area contributed by atoms with Gasteiger partial charge in [-0.2, -0.15) is 14.7 Å². The van der Waals surface area contributed by atoms with E-state index >= 15 is 0 Å². The van der Waals surface area contributed by atoms with Crippen LogP contribution in [0.2, 0.25) is 0 Å². The van der Waals surface area contributed by atoms with E-state index in [1.807, 2.05) is 0 Å². The van der Waals surface area contributed by atoms with Crippen molar-refractivity contribution in [1.29, 1.82) is 5.41 Å². The summed E-state index contributed by atoms with van der Waals surface area (Å²) >= 11 is 0. The van der Waals surface area contributed by atoms with Crippen LogP contribution in [0.15, 0.2) is 0 Å². The first-order valence-corrected chi connectivity index (χ1v) is 2.79. The maximum absolute atomic E-state index is 9.04. The third kappa shape index (κ3) is 0.975. The lowest BCUT2D eigenvalue weighted by Crippen LogP contribution is -2.20. The number of aromatic nitrogens is 3. The van der Waals surface area contributed by atoms with Gasteiger partial charge in [-0.3, -0.25) is 5.41 Å². The van der Waals surface area contributed by atoms with E-state index in [9.17, 15) is 0 Å². The van der Waals surface area contributed by atoms with Crippen molar-refractivity contribution in [3.8, 4) is 0 Å². The van der Waals surface area contributed by atoms with Gasteiger partial charge in [-0.05, 0) is 13.8 Å². The summed E-state index contributed by atoms with van der Waals surface area (Å²) in [6, 6.07) is 0. The molecule has 0 saturated carbocycles. The van der Waals surface area contributed by atoms with Gasteiger partial charge in [-0.15, -0.1) is 0 Å². The Morgan fingerprint density at radius 1 is 1.30 bits per heavy atom. The average Bonchev–Trinajstić information content (AvgIpc) is 1.82. The summed E-state index contributed by atoms with van der Waals surface area (Å²) in [5.74, 6) is 0.745. The molecule has 0 bridgehead atoms. The summed E-state index contributed by atoms with van der Waals surface area (Å²) in [5, 5.41) is 16.1. The van der Waals surface area contributed by atoms with Gasteiger partial charge in [0.15, 0.2) is 0 Å². The summed E-state index contributed by atoms with van der Waals surface area (Å²) in [5.41, 5.74) is -0.0692. The van der Waals surface area contributed by atoms with E-state index in [-0.39, 0.29) is 5.62 Å². The predicted molar refractivity (Wildman–Crippen MR) is 32.5 cm³/mol. The number of nitrogens with zero attached hydrogens (tertiary/aromatic N) is 3. The Morgan fingerprint density at radius 2 is 1.70 bits per heavy atom. The van der Waals surface area contributed by atoms with Crippen molar-refractivity contribution in [2.75, 3.05) is 0 Å². The Labute approximate surface area is 57.5 Å². The molecule has 0 aliphatic rings. The molecule has 1 aromatic rings. The molecule has 5 heteroatoms. The summed E-state index contributed by atoms with van der Waals surface area (Å²) in [6.07, 6.45) is 0. The molecule has 0 unspecified atom stereocenters. The Bertz CT molecular complexity index is 277. The molecule has 0 fully saturated rings. The van der Waals surface area contributed by atoms with Crippen molar-refractivity contribution in [2.24, 2.45) is 0 Å². The van der Waals surface area contributed by atoms with E-state index < -0.39 is 0 Å². The Balaban J connectivity index is 3.46. The van der Waals surface area contributed by atoms with Crippen molar-refractivity contribution in [3.63, 3.8) is 0 Å². The summed E-state index contributed by atoms with van der Waals surface area (Å²) in [6.45, 7) is 3.21. The molecular weight excluding hydrogens is 132 g/mol. The minimum Gasteiger partial charge on any atom is -0.426 e. The SMILES string of the molecule is Cc1nc(=N)nc(C)n1O. The molecule has 0 spiro atoms. The van der Waals surface area contributed by atoms with Gasteiger partial charge in [0.05, 0.1) is 0 Å². The van der Waals surface area contributed by atoms with Crippen LogP contribution in [0, 0.1) is 19.3 Å². The van der Waals surface area contributed by atoms with Crippen LogP contribution in [0.1, 0.15) is 11.6 Å². The van der Waals surface area contributed by atoms with E-state index in [0.717, 1.165) is 4.73 Å². The highest BCUT2D eigenvalue weighted by Crippen LogP contribution is 1.88. The summed E-state index contributed by atoms with van der Waals surface area (Å²) < 4.78 is 0.845. The molecular formula is C5H8N4O. The van der Waals surface area contributed by atoms with Gasteiger partial charge in [-0.1, -0.05) is 0 Å². The fraction of sp³-hybridized carbons (Fsp3) is 0.400. The predicted octanol–water partition coefficient (Wildman–Crippen LogP) is -0.388. The first-order chi connectivity index (χ1) is 4.61. The third-order valence-electron chi connectivity index (χ3n) is 1.15. The summed E-state index contributed by atoms with van der Waals surface area (Å²) in [4.78, 5) is 7.20. The monoisotopic (exact) mass is 140 g/mol. The molecule has 0 atom stereocenters. The van der Waals surface area contributed by atoms with Crippen molar-refractivity contribution in [3.05, 3.63) is 17.3 Å². The van der Waals surface area contributed by atoms with Crippen LogP contribution in [0.4, 0.5) is 0 Å². The molecule has 1 aromatic heterocycles. The second kappa shape index (κ2) is 2.09. The van der Waals surface area contributed by atoms with Crippen molar-refractivity contribution in [1.82, 2.24) is 14.7 Å². The maximum atomic E-state index is 9.04. The molecule has 54 valence electrons. The maximum Gasteiger partial charge on any atom is 0.245 e. The van der Waals surface area contributed by atoms with Crippen LogP contribution in [0.5, 0.6) is 0 Å². The Kier molecular flexibility index (Phi) is 1.41. The van der Waals surface area contributed by atoms with Gasteiger partial charge in [0, 0.05) is 0 Å². The molecule has 0 aromatic carbocycles. The van der Waals surface area contributed by atoms with E-state index in [1.54, 1.807) is 13.8 Å². The van der Waals surface area contributed by atoms with Gasteiger partial charge in [0.25, 0.3) is 0 Å². The zero-order valence-corrected chi connectivity index (χ0v) is 5.79. The van der Waals surface area contributed by atoms with Crippen LogP contribution >= 0.6 is 0 Å². The standard InChI is InChI=1S/C5H8N4O/c1-3-7-5(6)8-4(2)9(3)10/h6,10H,1-2H3. The van der Waals surface area contributed by atoms with Crippen LogP contribution in [0.3, 0.4) is 0 Å². The molecule has 0 aliphatic carbocycles. The zero-order chi connectivity index (χ0) is 7.72. The fourth-order valence-corrected chi connectivity index (χ4v) is 0.660. The molecule has 2 N–H and O–H groups in total. The van der Waals surface area contributed by atoms with Crippen LogP contribution in [-0.4, -0.2) is 19.9 Å². The van der Waals surface area contributed by atoms with E-state index in [2.05, 4.69) is 9.97 Å². The zero-order valence-electron chi connectivity index (χ0n) is 5.79. The van der Waals surface area contributed by atoms with E-state index in [0.29, 0.717) is 11.6 Å². The first-order valence-electron chi connectivity index (χ1n) is 2.79. The molecule has 1 rings (SSSR count). The lowest BCUT2D eigenvalue weighted by atomic mass is 10.6. The van der Waals surface area contributed by atoms with Gasteiger partial charge in [0.1, 0.15) is 11.6 Å². The first kappa shape index (κ1) is 6.73. The Morgan fingerprint density at radius 3 is 2.10 bits per heavy atom. The van der Waals surface area contributed by atoms with Crippen molar-refractivity contribution in [2.45, 2.75) is 13.8 Å².